The maximum absolute atomic E-state index is 3.62. The highest BCUT2D eigenvalue weighted by atomic mass is 79.9. The van der Waals surface area contributed by atoms with Crippen molar-refractivity contribution in [3.05, 3.63) is 99.9 Å². The van der Waals surface area contributed by atoms with E-state index >= 15 is 0 Å². The molecule has 1 aromatic heterocycles. The molecule has 3 heteroatoms. The van der Waals surface area contributed by atoms with E-state index in [0.717, 1.165) is 8.95 Å². The van der Waals surface area contributed by atoms with Crippen molar-refractivity contribution in [3.8, 4) is 16.8 Å². The molecule has 0 amide bonds. The average molecular weight is 477 g/mol. The Morgan fingerprint density at radius 1 is 0.519 bits per heavy atom. The van der Waals surface area contributed by atoms with Crippen LogP contribution in [0.4, 0.5) is 0 Å². The lowest BCUT2D eigenvalue weighted by atomic mass is 10.1. The molecule has 4 aromatic carbocycles. The molecule has 0 aliphatic rings. The SMILES string of the molecule is Brc1ccc2c(c1)c1cc(Br)ccc1n2-c1ccc(-c2ccccc2)cc1. The third-order valence-electron chi connectivity index (χ3n) is 4.92. The molecule has 0 spiro atoms. The van der Waals surface area contributed by atoms with Gasteiger partial charge in [-0.25, -0.2) is 0 Å². The van der Waals surface area contributed by atoms with Gasteiger partial charge >= 0.3 is 0 Å². The lowest BCUT2D eigenvalue weighted by Crippen LogP contribution is -1.93. The molecule has 27 heavy (non-hydrogen) atoms. The predicted molar refractivity (Wildman–Crippen MR) is 122 cm³/mol. The summed E-state index contributed by atoms with van der Waals surface area (Å²) in [5.41, 5.74) is 6.04. The van der Waals surface area contributed by atoms with E-state index in [4.69, 9.17) is 0 Å². The van der Waals surface area contributed by atoms with Crippen LogP contribution in [0.1, 0.15) is 0 Å². The Hall–Kier alpha value is -2.36. The van der Waals surface area contributed by atoms with Crippen molar-refractivity contribution in [3.63, 3.8) is 0 Å². The smallest absolute Gasteiger partial charge is 0.0541 e. The molecule has 5 aromatic rings. The van der Waals surface area contributed by atoms with Crippen molar-refractivity contribution in [2.45, 2.75) is 0 Å². The van der Waals surface area contributed by atoms with Crippen LogP contribution in [-0.4, -0.2) is 4.57 Å². The van der Waals surface area contributed by atoms with Crippen molar-refractivity contribution in [2.24, 2.45) is 0 Å². The summed E-state index contributed by atoms with van der Waals surface area (Å²) in [5, 5.41) is 2.49. The Kier molecular flexibility index (Phi) is 4.14. The second-order valence-corrected chi connectivity index (χ2v) is 8.40. The minimum atomic E-state index is 1.09. The second-order valence-electron chi connectivity index (χ2n) is 6.57. The van der Waals surface area contributed by atoms with E-state index in [9.17, 15) is 0 Å². The van der Waals surface area contributed by atoms with Gasteiger partial charge in [0, 0.05) is 25.4 Å². The Labute approximate surface area is 174 Å². The molecule has 0 atom stereocenters. The van der Waals surface area contributed by atoms with Crippen LogP contribution in [0.2, 0.25) is 0 Å². The average Bonchev–Trinajstić information content (AvgIpc) is 3.02. The summed E-state index contributed by atoms with van der Waals surface area (Å²) in [7, 11) is 0. The Balaban J connectivity index is 1.74. The molecule has 130 valence electrons. The van der Waals surface area contributed by atoms with E-state index in [1.807, 2.05) is 6.07 Å². The van der Waals surface area contributed by atoms with Gasteiger partial charge < -0.3 is 4.57 Å². The Morgan fingerprint density at radius 2 is 1.04 bits per heavy atom. The molecule has 0 radical (unpaired) electrons. The number of nitrogens with zero attached hydrogens (tertiary/aromatic N) is 1. The van der Waals surface area contributed by atoms with Gasteiger partial charge in [-0.2, -0.15) is 0 Å². The molecular weight excluding hydrogens is 462 g/mol. The van der Waals surface area contributed by atoms with Gasteiger partial charge in [0.05, 0.1) is 11.0 Å². The first kappa shape index (κ1) is 16.8. The number of benzene rings is 4. The van der Waals surface area contributed by atoms with Gasteiger partial charge in [-0.15, -0.1) is 0 Å². The van der Waals surface area contributed by atoms with Gasteiger partial charge in [-0.1, -0.05) is 74.3 Å². The highest BCUT2D eigenvalue weighted by Gasteiger charge is 2.13. The summed E-state index contributed by atoms with van der Waals surface area (Å²) in [6.45, 7) is 0. The molecule has 0 saturated heterocycles. The fraction of sp³-hybridized carbons (Fsp3) is 0. The van der Waals surface area contributed by atoms with Crippen molar-refractivity contribution in [1.82, 2.24) is 4.57 Å². The largest absolute Gasteiger partial charge is 0.309 e. The number of hydrogen-bond acceptors (Lipinski definition) is 0. The Morgan fingerprint density at radius 3 is 1.59 bits per heavy atom. The first-order chi connectivity index (χ1) is 13.2. The molecule has 0 N–H and O–H groups in total. The molecule has 0 unspecified atom stereocenters. The summed E-state index contributed by atoms with van der Waals surface area (Å²) in [5.74, 6) is 0. The van der Waals surface area contributed by atoms with E-state index in [1.165, 1.54) is 38.6 Å². The van der Waals surface area contributed by atoms with E-state index in [2.05, 4.69) is 121 Å². The Bertz CT molecular complexity index is 1210. The maximum Gasteiger partial charge on any atom is 0.0541 e. The minimum absolute atomic E-state index is 1.09. The zero-order chi connectivity index (χ0) is 18.4. The molecule has 1 nitrogen and oxygen atoms in total. The van der Waals surface area contributed by atoms with Crippen LogP contribution >= 0.6 is 31.9 Å². The van der Waals surface area contributed by atoms with Gasteiger partial charge in [0.2, 0.25) is 0 Å². The molecule has 1 heterocycles. The fourth-order valence-corrected chi connectivity index (χ4v) is 4.40. The van der Waals surface area contributed by atoms with Crippen molar-refractivity contribution >= 4 is 53.7 Å². The number of hydrogen-bond donors (Lipinski definition) is 0. The summed E-state index contributed by atoms with van der Waals surface area (Å²) in [4.78, 5) is 0. The molecule has 0 fully saturated rings. The van der Waals surface area contributed by atoms with Crippen LogP contribution in [0, 0.1) is 0 Å². The van der Waals surface area contributed by atoms with Crippen LogP contribution in [0.3, 0.4) is 0 Å². The maximum atomic E-state index is 3.62. The molecule has 5 rings (SSSR count). The first-order valence-corrected chi connectivity index (χ1v) is 10.3. The number of rotatable bonds is 2. The molecular formula is C24H15Br2N. The summed E-state index contributed by atoms with van der Waals surface area (Å²) in [6, 6.07) is 32.2. The molecule has 0 bridgehead atoms. The van der Waals surface area contributed by atoms with Crippen LogP contribution in [0.25, 0.3) is 38.6 Å². The van der Waals surface area contributed by atoms with Gasteiger partial charge in [-0.3, -0.25) is 0 Å². The topological polar surface area (TPSA) is 4.93 Å². The van der Waals surface area contributed by atoms with Gasteiger partial charge in [0.1, 0.15) is 0 Å². The van der Waals surface area contributed by atoms with Crippen LogP contribution in [-0.2, 0) is 0 Å². The monoisotopic (exact) mass is 475 g/mol. The lowest BCUT2D eigenvalue weighted by Gasteiger charge is -2.09. The highest BCUT2D eigenvalue weighted by molar-refractivity contribution is 9.10. The van der Waals surface area contributed by atoms with E-state index in [1.54, 1.807) is 0 Å². The third-order valence-corrected chi connectivity index (χ3v) is 5.91. The summed E-state index contributed by atoms with van der Waals surface area (Å²) in [6.07, 6.45) is 0. The van der Waals surface area contributed by atoms with Crippen molar-refractivity contribution in [1.29, 1.82) is 0 Å². The fourth-order valence-electron chi connectivity index (χ4n) is 3.68. The molecule has 0 saturated carbocycles. The number of halogens is 2. The summed E-state index contributed by atoms with van der Waals surface area (Å²) >= 11 is 7.23. The van der Waals surface area contributed by atoms with Gasteiger partial charge in [0.15, 0.2) is 0 Å². The van der Waals surface area contributed by atoms with Gasteiger partial charge in [0.25, 0.3) is 0 Å². The summed E-state index contributed by atoms with van der Waals surface area (Å²) < 4.78 is 4.51. The number of aromatic nitrogens is 1. The zero-order valence-electron chi connectivity index (χ0n) is 14.4. The minimum Gasteiger partial charge on any atom is -0.309 e. The quantitative estimate of drug-likeness (QED) is 0.243. The van der Waals surface area contributed by atoms with E-state index < -0.39 is 0 Å². The second kappa shape index (κ2) is 6.66. The zero-order valence-corrected chi connectivity index (χ0v) is 17.5. The lowest BCUT2D eigenvalue weighted by molar-refractivity contribution is 1.18. The number of fused-ring (bicyclic) bond motifs is 3. The van der Waals surface area contributed by atoms with Crippen molar-refractivity contribution < 1.29 is 0 Å². The van der Waals surface area contributed by atoms with Crippen molar-refractivity contribution in [2.75, 3.05) is 0 Å². The van der Waals surface area contributed by atoms with Crippen LogP contribution in [0.5, 0.6) is 0 Å². The van der Waals surface area contributed by atoms with E-state index in [-0.39, 0.29) is 0 Å². The normalized spacial score (nSPS) is 11.3. The molecule has 0 aliphatic heterocycles. The van der Waals surface area contributed by atoms with Crippen LogP contribution < -0.4 is 0 Å². The highest BCUT2D eigenvalue weighted by Crippen LogP contribution is 2.35. The first-order valence-electron chi connectivity index (χ1n) is 8.76. The third kappa shape index (κ3) is 2.91. The predicted octanol–water partition coefficient (Wildman–Crippen LogP) is 7.98. The van der Waals surface area contributed by atoms with E-state index in [0.29, 0.717) is 0 Å². The molecule has 0 aliphatic carbocycles. The standard InChI is InChI=1S/C24H15Br2N/c25-18-8-12-23-21(14-18)22-15-19(26)9-13-24(22)27(23)20-10-6-17(7-11-20)16-4-2-1-3-5-16/h1-15H. The van der Waals surface area contributed by atoms with Crippen LogP contribution in [0.15, 0.2) is 99.9 Å². The van der Waals surface area contributed by atoms with Gasteiger partial charge in [-0.05, 0) is 59.7 Å².